The van der Waals surface area contributed by atoms with Crippen LogP contribution in [0.25, 0.3) is 11.0 Å². The van der Waals surface area contributed by atoms with Crippen molar-refractivity contribution in [1.82, 2.24) is 0 Å². The van der Waals surface area contributed by atoms with Crippen LogP contribution in [0, 0.1) is 5.82 Å². The number of hydrogen-bond donors (Lipinski definition) is 1. The standard InChI is InChI=1S/C12H13FO2/c1-12(2,14)7-10-5-8-3-4-9(13)6-11(8)15-10/h3-6,14H,7H2,1-2H3. The third kappa shape index (κ3) is 2.36. The van der Waals surface area contributed by atoms with Gasteiger partial charge in [-0.1, -0.05) is 0 Å². The summed E-state index contributed by atoms with van der Waals surface area (Å²) in [6.45, 7) is 3.42. The Kier molecular flexibility index (Phi) is 2.27. The highest BCUT2D eigenvalue weighted by Gasteiger charge is 2.16. The summed E-state index contributed by atoms with van der Waals surface area (Å²) in [7, 11) is 0. The maximum atomic E-state index is 12.9. The molecule has 0 aliphatic carbocycles. The highest BCUT2D eigenvalue weighted by atomic mass is 19.1. The van der Waals surface area contributed by atoms with E-state index in [1.165, 1.54) is 12.1 Å². The van der Waals surface area contributed by atoms with E-state index in [-0.39, 0.29) is 5.82 Å². The van der Waals surface area contributed by atoms with Crippen LogP contribution < -0.4 is 0 Å². The molecular formula is C12H13FO2. The lowest BCUT2D eigenvalue weighted by molar-refractivity contribution is 0.0757. The van der Waals surface area contributed by atoms with Crippen LogP contribution in [0.4, 0.5) is 4.39 Å². The largest absolute Gasteiger partial charge is 0.461 e. The summed E-state index contributed by atoms with van der Waals surface area (Å²) in [4.78, 5) is 0. The quantitative estimate of drug-likeness (QED) is 0.823. The van der Waals surface area contributed by atoms with Crippen molar-refractivity contribution in [3.05, 3.63) is 35.8 Å². The number of rotatable bonds is 2. The molecule has 1 heterocycles. The molecule has 0 bridgehead atoms. The first-order chi connectivity index (χ1) is 6.94. The van der Waals surface area contributed by atoms with Gasteiger partial charge in [-0.2, -0.15) is 0 Å². The van der Waals surface area contributed by atoms with Crippen molar-refractivity contribution in [3.8, 4) is 0 Å². The van der Waals surface area contributed by atoms with E-state index >= 15 is 0 Å². The molecule has 0 saturated heterocycles. The highest BCUT2D eigenvalue weighted by molar-refractivity contribution is 5.77. The molecule has 0 unspecified atom stereocenters. The van der Waals surface area contributed by atoms with Crippen LogP contribution >= 0.6 is 0 Å². The Balaban J connectivity index is 2.39. The van der Waals surface area contributed by atoms with Crippen LogP contribution in [-0.2, 0) is 6.42 Å². The van der Waals surface area contributed by atoms with E-state index < -0.39 is 5.60 Å². The summed E-state index contributed by atoms with van der Waals surface area (Å²) in [5.74, 6) is 0.356. The Morgan fingerprint density at radius 3 is 2.73 bits per heavy atom. The number of benzene rings is 1. The normalized spacial score (nSPS) is 12.3. The molecule has 80 valence electrons. The van der Waals surface area contributed by atoms with Crippen LogP contribution in [0.5, 0.6) is 0 Å². The first kappa shape index (κ1) is 10.2. The number of aliphatic hydroxyl groups is 1. The average Bonchev–Trinajstić information content (AvgIpc) is 2.42. The number of fused-ring (bicyclic) bond motifs is 1. The van der Waals surface area contributed by atoms with Crippen LogP contribution in [-0.4, -0.2) is 10.7 Å². The van der Waals surface area contributed by atoms with Gasteiger partial charge in [-0.25, -0.2) is 4.39 Å². The number of furan rings is 1. The average molecular weight is 208 g/mol. The summed E-state index contributed by atoms with van der Waals surface area (Å²) in [5, 5.41) is 10.5. The smallest absolute Gasteiger partial charge is 0.137 e. The van der Waals surface area contributed by atoms with Crippen LogP contribution in [0.2, 0.25) is 0 Å². The molecule has 2 rings (SSSR count). The lowest BCUT2D eigenvalue weighted by atomic mass is 10.0. The second-order valence-corrected chi connectivity index (χ2v) is 4.38. The SMILES string of the molecule is CC(C)(O)Cc1cc2ccc(F)cc2o1. The van der Waals surface area contributed by atoms with E-state index in [1.54, 1.807) is 19.9 Å². The molecule has 1 N–H and O–H groups in total. The third-order valence-corrected chi connectivity index (χ3v) is 2.14. The maximum absolute atomic E-state index is 12.9. The fourth-order valence-corrected chi connectivity index (χ4v) is 1.57. The van der Waals surface area contributed by atoms with Gasteiger partial charge in [0.15, 0.2) is 0 Å². The summed E-state index contributed by atoms with van der Waals surface area (Å²) in [6.07, 6.45) is 0.420. The molecule has 0 spiro atoms. The Morgan fingerprint density at radius 1 is 1.33 bits per heavy atom. The van der Waals surface area contributed by atoms with Gasteiger partial charge in [0.1, 0.15) is 17.2 Å². The third-order valence-electron chi connectivity index (χ3n) is 2.14. The molecule has 2 nitrogen and oxygen atoms in total. The number of halogens is 1. The van der Waals surface area contributed by atoms with E-state index in [1.807, 2.05) is 6.07 Å². The van der Waals surface area contributed by atoms with Crippen molar-refractivity contribution < 1.29 is 13.9 Å². The zero-order valence-corrected chi connectivity index (χ0v) is 8.75. The molecule has 3 heteroatoms. The van der Waals surface area contributed by atoms with Crippen LogP contribution in [0.1, 0.15) is 19.6 Å². The fourth-order valence-electron chi connectivity index (χ4n) is 1.57. The molecular weight excluding hydrogens is 195 g/mol. The van der Waals surface area contributed by atoms with Gasteiger partial charge < -0.3 is 9.52 Å². The van der Waals surface area contributed by atoms with E-state index in [2.05, 4.69) is 0 Å². The molecule has 0 amide bonds. The van der Waals surface area contributed by atoms with Crippen molar-refractivity contribution in [3.63, 3.8) is 0 Å². The number of hydrogen-bond acceptors (Lipinski definition) is 2. The molecule has 0 saturated carbocycles. The topological polar surface area (TPSA) is 33.4 Å². The second kappa shape index (κ2) is 3.35. The van der Waals surface area contributed by atoms with Gasteiger partial charge in [-0.3, -0.25) is 0 Å². The Bertz CT molecular complexity index is 480. The lowest BCUT2D eigenvalue weighted by Crippen LogP contribution is -2.21. The maximum Gasteiger partial charge on any atom is 0.137 e. The van der Waals surface area contributed by atoms with E-state index in [9.17, 15) is 9.50 Å². The summed E-state index contributed by atoms with van der Waals surface area (Å²) in [6, 6.07) is 6.24. The van der Waals surface area contributed by atoms with E-state index in [0.29, 0.717) is 17.8 Å². The zero-order valence-electron chi connectivity index (χ0n) is 8.75. The van der Waals surface area contributed by atoms with Crippen molar-refractivity contribution in [2.45, 2.75) is 25.9 Å². The van der Waals surface area contributed by atoms with Gasteiger partial charge in [0, 0.05) is 17.9 Å². The van der Waals surface area contributed by atoms with Gasteiger partial charge >= 0.3 is 0 Å². The van der Waals surface area contributed by atoms with Gasteiger partial charge in [0.2, 0.25) is 0 Å². The Hall–Kier alpha value is -1.35. The van der Waals surface area contributed by atoms with Crippen molar-refractivity contribution in [2.75, 3.05) is 0 Å². The Labute approximate surface area is 87.3 Å². The van der Waals surface area contributed by atoms with E-state index in [4.69, 9.17) is 4.42 Å². The van der Waals surface area contributed by atoms with E-state index in [0.717, 1.165) is 5.39 Å². The molecule has 1 aromatic heterocycles. The molecule has 0 fully saturated rings. The van der Waals surface area contributed by atoms with Gasteiger partial charge in [0.05, 0.1) is 5.60 Å². The first-order valence-electron chi connectivity index (χ1n) is 4.84. The van der Waals surface area contributed by atoms with Gasteiger partial charge in [-0.05, 0) is 32.0 Å². The fraction of sp³-hybridized carbons (Fsp3) is 0.333. The molecule has 0 aliphatic heterocycles. The lowest BCUT2D eigenvalue weighted by Gasteiger charge is -2.14. The predicted octanol–water partition coefficient (Wildman–Crippen LogP) is 2.89. The molecule has 0 aliphatic rings. The summed E-state index contributed by atoms with van der Waals surface area (Å²) < 4.78 is 18.3. The van der Waals surface area contributed by atoms with Crippen molar-refractivity contribution in [1.29, 1.82) is 0 Å². The Morgan fingerprint density at radius 2 is 2.07 bits per heavy atom. The van der Waals surface area contributed by atoms with Gasteiger partial charge in [0.25, 0.3) is 0 Å². The minimum Gasteiger partial charge on any atom is -0.461 e. The minimum absolute atomic E-state index is 0.313. The summed E-state index contributed by atoms with van der Waals surface area (Å²) >= 11 is 0. The van der Waals surface area contributed by atoms with Crippen LogP contribution in [0.3, 0.4) is 0 Å². The first-order valence-corrected chi connectivity index (χ1v) is 4.84. The monoisotopic (exact) mass is 208 g/mol. The zero-order chi connectivity index (χ0) is 11.1. The van der Waals surface area contributed by atoms with Crippen LogP contribution in [0.15, 0.2) is 28.7 Å². The summed E-state index contributed by atoms with van der Waals surface area (Å²) in [5.41, 5.74) is -0.291. The second-order valence-electron chi connectivity index (χ2n) is 4.38. The van der Waals surface area contributed by atoms with Crippen molar-refractivity contribution >= 4 is 11.0 Å². The van der Waals surface area contributed by atoms with Gasteiger partial charge in [-0.15, -0.1) is 0 Å². The van der Waals surface area contributed by atoms with Crippen molar-refractivity contribution in [2.24, 2.45) is 0 Å². The highest BCUT2D eigenvalue weighted by Crippen LogP contribution is 2.23. The minimum atomic E-state index is -0.813. The molecule has 0 radical (unpaired) electrons. The molecule has 1 aromatic carbocycles. The molecule has 15 heavy (non-hydrogen) atoms. The molecule has 2 aromatic rings. The predicted molar refractivity (Wildman–Crippen MR) is 56.2 cm³/mol. The molecule has 0 atom stereocenters.